The maximum Gasteiger partial charge on any atom is 0.156 e. The van der Waals surface area contributed by atoms with Gasteiger partial charge in [-0.25, -0.2) is 0 Å². The maximum absolute atomic E-state index is 11.3. The van der Waals surface area contributed by atoms with Gasteiger partial charge >= 0.3 is 0 Å². The van der Waals surface area contributed by atoms with Crippen LogP contribution in [0.5, 0.6) is 0 Å². The van der Waals surface area contributed by atoms with Crippen LogP contribution in [0, 0.1) is 5.41 Å². The number of thioether (sulfide) groups is 1. The second kappa shape index (κ2) is 5.01. The molecule has 0 amide bonds. The van der Waals surface area contributed by atoms with Gasteiger partial charge in [-0.3, -0.25) is 4.79 Å². The monoisotopic (exact) mass is 212 g/mol. The lowest BCUT2D eigenvalue weighted by atomic mass is 9.82. The van der Waals surface area contributed by atoms with E-state index in [1.165, 1.54) is 12.8 Å². The van der Waals surface area contributed by atoms with E-state index in [2.05, 4.69) is 19.3 Å². The lowest BCUT2D eigenvalue weighted by molar-refractivity contribution is -0.113. The van der Waals surface area contributed by atoms with Crippen LogP contribution >= 0.6 is 11.8 Å². The first-order valence-corrected chi connectivity index (χ1v) is 6.38. The smallest absolute Gasteiger partial charge is 0.156 e. The Kier molecular flexibility index (Phi) is 4.24. The molecule has 0 fully saturated rings. The number of carbonyl (C=O) groups excluding carboxylic acids is 1. The highest BCUT2D eigenvalue weighted by Crippen LogP contribution is 2.33. The molecule has 14 heavy (non-hydrogen) atoms. The molecule has 1 nitrogen and oxygen atoms in total. The van der Waals surface area contributed by atoms with E-state index < -0.39 is 0 Å². The Morgan fingerprint density at radius 3 is 2.79 bits per heavy atom. The molecule has 0 saturated carbocycles. The zero-order valence-electron chi connectivity index (χ0n) is 9.43. The molecule has 0 bridgehead atoms. The average molecular weight is 212 g/mol. The van der Waals surface area contributed by atoms with E-state index in [-0.39, 0.29) is 5.78 Å². The van der Waals surface area contributed by atoms with Gasteiger partial charge in [0.2, 0.25) is 0 Å². The molecule has 0 saturated heterocycles. The van der Waals surface area contributed by atoms with Crippen molar-refractivity contribution in [3.05, 3.63) is 11.0 Å². The van der Waals surface area contributed by atoms with Crippen LogP contribution in [0.2, 0.25) is 0 Å². The molecule has 0 spiro atoms. The lowest BCUT2D eigenvalue weighted by Crippen LogP contribution is -2.12. The summed E-state index contributed by atoms with van der Waals surface area (Å²) in [5.74, 6) is 1.40. The van der Waals surface area contributed by atoms with Crippen LogP contribution in [-0.2, 0) is 4.79 Å². The lowest BCUT2D eigenvalue weighted by Gasteiger charge is -2.23. The Labute approximate surface area is 91.3 Å². The zero-order valence-corrected chi connectivity index (χ0v) is 10.2. The maximum atomic E-state index is 11.3. The summed E-state index contributed by atoms with van der Waals surface area (Å²) in [5.41, 5.74) is 1.42. The fourth-order valence-corrected chi connectivity index (χ4v) is 2.62. The number of carbonyl (C=O) groups is 1. The van der Waals surface area contributed by atoms with Crippen LogP contribution < -0.4 is 0 Å². The van der Waals surface area contributed by atoms with E-state index in [0.717, 1.165) is 24.2 Å². The zero-order chi connectivity index (χ0) is 10.6. The summed E-state index contributed by atoms with van der Waals surface area (Å²) in [5, 5.41) is 2.07. The highest BCUT2D eigenvalue weighted by Gasteiger charge is 2.19. The third-order valence-electron chi connectivity index (χ3n) is 2.86. The molecular formula is C12H20OS. The van der Waals surface area contributed by atoms with Gasteiger partial charge in [0.1, 0.15) is 0 Å². The minimum Gasteiger partial charge on any atom is -0.295 e. The summed E-state index contributed by atoms with van der Waals surface area (Å²) < 4.78 is 0. The van der Waals surface area contributed by atoms with E-state index in [0.29, 0.717) is 5.41 Å². The highest BCUT2D eigenvalue weighted by atomic mass is 32.2. The average Bonchev–Trinajstić information content (AvgIpc) is 2.15. The molecule has 1 heterocycles. The van der Waals surface area contributed by atoms with Crippen LogP contribution in [0.15, 0.2) is 11.0 Å². The molecule has 1 rings (SSSR count). The normalized spacial score (nSPS) is 26.6. The molecule has 1 aliphatic rings. The fourth-order valence-electron chi connectivity index (χ4n) is 1.71. The molecule has 0 radical (unpaired) electrons. The van der Waals surface area contributed by atoms with Gasteiger partial charge in [-0.2, -0.15) is 0 Å². The van der Waals surface area contributed by atoms with Gasteiger partial charge in [0.05, 0.1) is 0 Å². The molecule has 0 unspecified atom stereocenters. The molecule has 0 aromatic rings. The van der Waals surface area contributed by atoms with Gasteiger partial charge in [-0.05, 0) is 49.2 Å². The van der Waals surface area contributed by atoms with Crippen molar-refractivity contribution >= 4 is 17.5 Å². The van der Waals surface area contributed by atoms with E-state index in [9.17, 15) is 4.79 Å². The van der Waals surface area contributed by atoms with Gasteiger partial charge in [-0.15, -0.1) is 11.8 Å². The van der Waals surface area contributed by atoms with Crippen LogP contribution in [0.3, 0.4) is 0 Å². The van der Waals surface area contributed by atoms with Gasteiger partial charge in [-0.1, -0.05) is 13.8 Å². The van der Waals surface area contributed by atoms with E-state index in [1.54, 1.807) is 18.7 Å². The number of allylic oxidation sites excluding steroid dienone is 1. The van der Waals surface area contributed by atoms with Gasteiger partial charge < -0.3 is 0 Å². The van der Waals surface area contributed by atoms with Crippen molar-refractivity contribution in [2.45, 2.75) is 46.5 Å². The molecule has 0 aromatic heterocycles. The Morgan fingerprint density at radius 1 is 1.43 bits per heavy atom. The first kappa shape index (κ1) is 11.8. The summed E-state index contributed by atoms with van der Waals surface area (Å²) in [4.78, 5) is 11.3. The Hall–Kier alpha value is -0.240. The Bertz CT molecular complexity index is 241. The SMILES string of the molecule is CC(=O)/C1=C/SCCCC(C)(C)CC1. The van der Waals surface area contributed by atoms with Gasteiger partial charge in [0.15, 0.2) is 5.78 Å². The quantitative estimate of drug-likeness (QED) is 0.657. The topological polar surface area (TPSA) is 17.1 Å². The third kappa shape index (κ3) is 3.87. The molecule has 2 heteroatoms. The number of ketones is 1. The van der Waals surface area contributed by atoms with Crippen molar-refractivity contribution in [1.29, 1.82) is 0 Å². The van der Waals surface area contributed by atoms with E-state index >= 15 is 0 Å². The summed E-state index contributed by atoms with van der Waals surface area (Å²) in [6.45, 7) is 6.29. The second-order valence-corrected chi connectivity index (χ2v) is 5.82. The van der Waals surface area contributed by atoms with E-state index in [1.807, 2.05) is 0 Å². The van der Waals surface area contributed by atoms with Crippen molar-refractivity contribution in [2.24, 2.45) is 5.41 Å². The summed E-state index contributed by atoms with van der Waals surface area (Å²) in [6, 6.07) is 0. The molecule has 1 aliphatic heterocycles. The Balaban J connectivity index is 2.66. The molecule has 0 aromatic carbocycles. The summed E-state index contributed by atoms with van der Waals surface area (Å²) >= 11 is 1.80. The van der Waals surface area contributed by atoms with Crippen LogP contribution in [0.25, 0.3) is 0 Å². The van der Waals surface area contributed by atoms with Crippen molar-refractivity contribution in [1.82, 2.24) is 0 Å². The number of rotatable bonds is 1. The van der Waals surface area contributed by atoms with Gasteiger partial charge in [0, 0.05) is 5.57 Å². The first-order chi connectivity index (χ1) is 6.51. The fraction of sp³-hybridized carbons (Fsp3) is 0.750. The van der Waals surface area contributed by atoms with Crippen molar-refractivity contribution in [2.75, 3.05) is 5.75 Å². The standard InChI is InChI=1S/C12H20OS/c1-10(13)11-5-7-12(2,3)6-4-8-14-9-11/h9H,4-8H2,1-3H3/b11-9+. The summed E-state index contributed by atoms with van der Waals surface area (Å²) in [6.07, 6.45) is 4.63. The first-order valence-electron chi connectivity index (χ1n) is 5.33. The molecule has 0 aliphatic carbocycles. The molecular weight excluding hydrogens is 192 g/mol. The van der Waals surface area contributed by atoms with Crippen LogP contribution in [-0.4, -0.2) is 11.5 Å². The summed E-state index contributed by atoms with van der Waals surface area (Å²) in [7, 11) is 0. The number of hydrogen-bond acceptors (Lipinski definition) is 2. The van der Waals surface area contributed by atoms with Crippen molar-refractivity contribution in [3.8, 4) is 0 Å². The number of Topliss-reactive ketones (excluding diaryl/α,β-unsaturated/α-hetero) is 1. The van der Waals surface area contributed by atoms with E-state index in [4.69, 9.17) is 0 Å². The predicted octanol–water partition coefficient (Wildman–Crippen LogP) is 3.79. The van der Waals surface area contributed by atoms with Crippen LogP contribution in [0.1, 0.15) is 46.5 Å². The second-order valence-electron chi connectivity index (χ2n) is 4.84. The van der Waals surface area contributed by atoms with Gasteiger partial charge in [0.25, 0.3) is 0 Å². The van der Waals surface area contributed by atoms with Crippen LogP contribution in [0.4, 0.5) is 0 Å². The molecule has 80 valence electrons. The largest absolute Gasteiger partial charge is 0.295 e. The van der Waals surface area contributed by atoms with Crippen molar-refractivity contribution in [3.63, 3.8) is 0 Å². The number of hydrogen-bond donors (Lipinski definition) is 0. The minimum atomic E-state index is 0.246. The Morgan fingerprint density at radius 2 is 2.14 bits per heavy atom. The third-order valence-corrected chi connectivity index (χ3v) is 3.84. The minimum absolute atomic E-state index is 0.246. The van der Waals surface area contributed by atoms with Crippen molar-refractivity contribution < 1.29 is 4.79 Å². The molecule has 0 atom stereocenters. The predicted molar refractivity (Wildman–Crippen MR) is 63.5 cm³/mol. The highest BCUT2D eigenvalue weighted by molar-refractivity contribution is 8.02. The molecule has 0 N–H and O–H groups in total.